The van der Waals surface area contributed by atoms with Gasteiger partial charge in [0.25, 0.3) is 5.91 Å². The van der Waals surface area contributed by atoms with E-state index in [0.717, 1.165) is 25.7 Å². The van der Waals surface area contributed by atoms with Crippen molar-refractivity contribution < 1.29 is 9.59 Å². The van der Waals surface area contributed by atoms with Gasteiger partial charge in [0.1, 0.15) is 5.69 Å². The van der Waals surface area contributed by atoms with Crippen LogP contribution >= 0.6 is 11.3 Å². The van der Waals surface area contributed by atoms with Crippen LogP contribution in [0.15, 0.2) is 29.6 Å². The first kappa shape index (κ1) is 15.3. The molecule has 6 heteroatoms. The maximum absolute atomic E-state index is 13.1. The third-order valence-corrected chi connectivity index (χ3v) is 5.38. The predicted octanol–water partition coefficient (Wildman–Crippen LogP) is 3.39. The molecule has 1 saturated carbocycles. The van der Waals surface area contributed by atoms with Crippen molar-refractivity contribution in [1.82, 2.24) is 9.88 Å². The van der Waals surface area contributed by atoms with Gasteiger partial charge in [0.2, 0.25) is 5.91 Å². The summed E-state index contributed by atoms with van der Waals surface area (Å²) in [5.41, 5.74) is 3.05. The Bertz CT molecular complexity index is 797. The number of thiazole rings is 1. The molecule has 0 aliphatic heterocycles. The Kier molecular flexibility index (Phi) is 3.84. The van der Waals surface area contributed by atoms with Crippen LogP contribution in [0.1, 0.15) is 53.8 Å². The summed E-state index contributed by atoms with van der Waals surface area (Å²) in [5, 5.41) is 4.87. The molecule has 4 rings (SSSR count). The Morgan fingerprint density at radius 1 is 1.25 bits per heavy atom. The molecule has 0 bridgehead atoms. The van der Waals surface area contributed by atoms with Gasteiger partial charge in [-0.2, -0.15) is 0 Å². The van der Waals surface area contributed by atoms with Gasteiger partial charge in [0.15, 0.2) is 5.13 Å². The van der Waals surface area contributed by atoms with Crippen molar-refractivity contribution >= 4 is 28.3 Å². The lowest BCUT2D eigenvalue weighted by molar-refractivity contribution is -0.114. The third kappa shape index (κ3) is 2.82. The second-order valence-corrected chi connectivity index (χ2v) is 7.27. The molecule has 1 heterocycles. The summed E-state index contributed by atoms with van der Waals surface area (Å²) >= 11 is 1.29. The molecule has 1 fully saturated rings. The Hall–Kier alpha value is -2.21. The Morgan fingerprint density at radius 3 is 2.79 bits per heavy atom. The second-order valence-electron chi connectivity index (χ2n) is 6.42. The van der Waals surface area contributed by atoms with E-state index in [0.29, 0.717) is 16.9 Å². The number of fused-ring (bicyclic) bond motifs is 1. The molecule has 1 unspecified atom stereocenters. The van der Waals surface area contributed by atoms with Gasteiger partial charge in [0.05, 0.1) is 6.04 Å². The molecule has 0 spiro atoms. The lowest BCUT2D eigenvalue weighted by atomic mass is 10.1. The zero-order chi connectivity index (χ0) is 16.7. The quantitative estimate of drug-likeness (QED) is 0.927. The average molecular weight is 341 g/mol. The first-order valence-corrected chi connectivity index (χ1v) is 9.15. The van der Waals surface area contributed by atoms with E-state index in [1.165, 1.54) is 29.4 Å². The predicted molar refractivity (Wildman–Crippen MR) is 93.1 cm³/mol. The van der Waals surface area contributed by atoms with Gasteiger partial charge in [0, 0.05) is 18.3 Å². The topological polar surface area (TPSA) is 62.3 Å². The third-order valence-electron chi connectivity index (χ3n) is 4.62. The lowest BCUT2D eigenvalue weighted by Gasteiger charge is -2.29. The van der Waals surface area contributed by atoms with Gasteiger partial charge in [-0.1, -0.05) is 24.3 Å². The van der Waals surface area contributed by atoms with Crippen LogP contribution in [-0.4, -0.2) is 27.7 Å². The second kappa shape index (κ2) is 6.02. The summed E-state index contributed by atoms with van der Waals surface area (Å²) < 4.78 is 0. The highest BCUT2D eigenvalue weighted by molar-refractivity contribution is 7.14. The van der Waals surface area contributed by atoms with E-state index in [2.05, 4.69) is 28.5 Å². The summed E-state index contributed by atoms with van der Waals surface area (Å²) in [6.45, 7) is 1.44. The van der Waals surface area contributed by atoms with Gasteiger partial charge in [-0.15, -0.1) is 11.3 Å². The van der Waals surface area contributed by atoms with Crippen molar-refractivity contribution in [2.24, 2.45) is 0 Å². The molecule has 2 amide bonds. The van der Waals surface area contributed by atoms with E-state index in [1.54, 1.807) is 5.38 Å². The minimum Gasteiger partial charge on any atom is -0.327 e. The molecule has 24 heavy (non-hydrogen) atoms. The van der Waals surface area contributed by atoms with E-state index in [-0.39, 0.29) is 17.9 Å². The number of aromatic nitrogens is 1. The van der Waals surface area contributed by atoms with Crippen molar-refractivity contribution in [3.8, 4) is 0 Å². The fourth-order valence-corrected chi connectivity index (χ4v) is 4.18. The summed E-state index contributed by atoms with van der Waals surface area (Å²) in [6, 6.07) is 8.86. The Balaban J connectivity index is 1.61. The largest absolute Gasteiger partial charge is 0.327 e. The summed E-state index contributed by atoms with van der Waals surface area (Å²) in [6.07, 6.45) is 4.12. The number of carbonyl (C=O) groups is 2. The summed E-state index contributed by atoms with van der Waals surface area (Å²) in [4.78, 5) is 30.6. The summed E-state index contributed by atoms with van der Waals surface area (Å²) in [5.74, 6) is -0.195. The fourth-order valence-electron chi connectivity index (χ4n) is 3.45. The number of nitrogens with one attached hydrogen (secondary N) is 1. The van der Waals surface area contributed by atoms with E-state index in [4.69, 9.17) is 0 Å². The monoisotopic (exact) mass is 341 g/mol. The van der Waals surface area contributed by atoms with Crippen LogP contribution < -0.4 is 5.32 Å². The smallest absolute Gasteiger partial charge is 0.274 e. The van der Waals surface area contributed by atoms with Crippen molar-refractivity contribution in [2.45, 2.75) is 44.7 Å². The highest BCUT2D eigenvalue weighted by Gasteiger charge is 2.41. The molecule has 0 saturated heterocycles. The molecular weight excluding hydrogens is 322 g/mol. The number of nitrogens with zero attached hydrogens (tertiary/aromatic N) is 2. The molecule has 1 N–H and O–H groups in total. The van der Waals surface area contributed by atoms with E-state index in [9.17, 15) is 9.59 Å². The number of rotatable bonds is 4. The summed E-state index contributed by atoms with van der Waals surface area (Å²) in [7, 11) is 0. The average Bonchev–Trinajstić information content (AvgIpc) is 3.13. The normalized spacial score (nSPS) is 19.0. The van der Waals surface area contributed by atoms with Gasteiger partial charge in [-0.3, -0.25) is 9.59 Å². The van der Waals surface area contributed by atoms with Gasteiger partial charge in [-0.25, -0.2) is 4.98 Å². The van der Waals surface area contributed by atoms with Crippen LogP contribution in [0, 0.1) is 0 Å². The number of amides is 2. The highest BCUT2D eigenvalue weighted by Crippen LogP contribution is 2.42. The molecule has 5 nitrogen and oxygen atoms in total. The van der Waals surface area contributed by atoms with E-state index < -0.39 is 0 Å². The van der Waals surface area contributed by atoms with Crippen LogP contribution in [0.2, 0.25) is 0 Å². The molecule has 124 valence electrons. The number of anilines is 1. The molecule has 2 aliphatic carbocycles. The van der Waals surface area contributed by atoms with Gasteiger partial charge >= 0.3 is 0 Å². The number of hydrogen-bond donors (Lipinski definition) is 1. The minimum absolute atomic E-state index is 0.0212. The standard InChI is InChI=1S/C18H19N3O2S/c1-11(22)19-18-20-15(10-24-18)17(23)21(13-7-8-13)16-9-6-12-4-2-3-5-14(12)16/h2-5,10,13,16H,6-9H2,1H3,(H,19,20,22). The van der Waals surface area contributed by atoms with E-state index in [1.807, 2.05) is 11.0 Å². The van der Waals surface area contributed by atoms with Crippen LogP contribution in [-0.2, 0) is 11.2 Å². The number of aryl methyl sites for hydroxylation is 1. The van der Waals surface area contributed by atoms with Crippen LogP contribution in [0.4, 0.5) is 5.13 Å². The number of hydrogen-bond acceptors (Lipinski definition) is 4. The molecule has 1 atom stereocenters. The first-order valence-electron chi connectivity index (χ1n) is 8.27. The molecule has 0 radical (unpaired) electrons. The Labute approximate surface area is 144 Å². The molecule has 1 aromatic carbocycles. The number of benzene rings is 1. The zero-order valence-corrected chi connectivity index (χ0v) is 14.3. The maximum atomic E-state index is 13.1. The van der Waals surface area contributed by atoms with E-state index >= 15 is 0 Å². The van der Waals surface area contributed by atoms with Gasteiger partial charge in [-0.05, 0) is 36.8 Å². The molecule has 2 aliphatic rings. The van der Waals surface area contributed by atoms with Crippen molar-refractivity contribution in [1.29, 1.82) is 0 Å². The van der Waals surface area contributed by atoms with Crippen LogP contribution in [0.5, 0.6) is 0 Å². The Morgan fingerprint density at radius 2 is 2.04 bits per heavy atom. The zero-order valence-electron chi connectivity index (χ0n) is 13.5. The molecule has 2 aromatic rings. The molecule has 1 aromatic heterocycles. The van der Waals surface area contributed by atoms with Crippen molar-refractivity contribution in [2.75, 3.05) is 5.32 Å². The van der Waals surface area contributed by atoms with Crippen LogP contribution in [0.3, 0.4) is 0 Å². The highest BCUT2D eigenvalue weighted by atomic mass is 32.1. The fraction of sp³-hybridized carbons (Fsp3) is 0.389. The number of carbonyl (C=O) groups excluding carboxylic acids is 2. The van der Waals surface area contributed by atoms with Crippen molar-refractivity contribution in [3.63, 3.8) is 0 Å². The first-order chi connectivity index (χ1) is 11.6. The SMILES string of the molecule is CC(=O)Nc1nc(C(=O)N(C2CC2)C2CCc3ccccc32)cs1. The lowest BCUT2D eigenvalue weighted by Crippen LogP contribution is -2.36. The van der Waals surface area contributed by atoms with Crippen LogP contribution in [0.25, 0.3) is 0 Å². The minimum atomic E-state index is -0.174. The molecular formula is C18H19N3O2S. The van der Waals surface area contributed by atoms with Gasteiger partial charge < -0.3 is 10.2 Å². The van der Waals surface area contributed by atoms with Crippen molar-refractivity contribution in [3.05, 3.63) is 46.5 Å². The maximum Gasteiger partial charge on any atom is 0.274 e.